The van der Waals surface area contributed by atoms with Gasteiger partial charge in [-0.2, -0.15) is 0 Å². The Kier molecular flexibility index (Phi) is 3.15. The lowest BCUT2D eigenvalue weighted by Gasteiger charge is -2.08. The molecule has 0 bridgehead atoms. The number of rotatable bonds is 3. The first-order chi connectivity index (χ1) is 9.00. The van der Waals surface area contributed by atoms with Crippen LogP contribution in [-0.4, -0.2) is 15.7 Å². The Hall–Kier alpha value is -2.89. The van der Waals surface area contributed by atoms with Gasteiger partial charge >= 0.3 is 0 Å². The number of nitrogen functional groups attached to an aromatic ring is 1. The number of para-hydroxylation sites is 1. The fraction of sp³-hybridized carbons (Fsp3) is 0. The van der Waals surface area contributed by atoms with Crippen molar-refractivity contribution in [3.63, 3.8) is 0 Å². The van der Waals surface area contributed by atoms with E-state index in [1.165, 1.54) is 30.3 Å². The van der Waals surface area contributed by atoms with Crippen LogP contribution in [-0.2, 0) is 0 Å². The van der Waals surface area contributed by atoms with Crippen molar-refractivity contribution < 1.29 is 10.0 Å². The molecule has 0 aliphatic carbocycles. The second-order valence-corrected chi connectivity index (χ2v) is 3.92. The predicted molar refractivity (Wildman–Crippen MR) is 71.5 cm³/mol. The summed E-state index contributed by atoms with van der Waals surface area (Å²) in [6.45, 7) is 0. The Morgan fingerprint density at radius 3 is 2.58 bits per heavy atom. The van der Waals surface area contributed by atoms with Gasteiger partial charge in [-0.25, -0.2) is 0 Å². The van der Waals surface area contributed by atoms with E-state index >= 15 is 0 Å². The molecular formula is C13H11N3O3. The number of nitro benzene ring substituents is 1. The van der Waals surface area contributed by atoms with Crippen molar-refractivity contribution in [3.05, 3.63) is 63.7 Å². The van der Waals surface area contributed by atoms with Crippen molar-refractivity contribution in [1.29, 1.82) is 5.41 Å². The number of aromatic hydroxyl groups is 1. The van der Waals surface area contributed by atoms with Gasteiger partial charge in [0.15, 0.2) is 0 Å². The van der Waals surface area contributed by atoms with Gasteiger partial charge in [-0.15, -0.1) is 0 Å². The molecule has 0 spiro atoms. The minimum absolute atomic E-state index is 0.0197. The van der Waals surface area contributed by atoms with Crippen molar-refractivity contribution in [3.8, 4) is 5.75 Å². The Balaban J connectivity index is 2.51. The molecule has 2 aromatic carbocycles. The molecule has 0 radical (unpaired) electrons. The van der Waals surface area contributed by atoms with Crippen LogP contribution in [0.15, 0.2) is 42.5 Å². The summed E-state index contributed by atoms with van der Waals surface area (Å²) in [5.74, 6) is 0.0197. The van der Waals surface area contributed by atoms with Crippen molar-refractivity contribution in [2.75, 3.05) is 5.73 Å². The number of nitrogens with two attached hydrogens (primary N) is 1. The predicted octanol–water partition coefficient (Wildman–Crippen LogP) is 2.30. The van der Waals surface area contributed by atoms with Crippen LogP contribution < -0.4 is 5.73 Å². The SMILES string of the molecule is N=C(c1cccc(O)c1)c1cccc([N+](=O)[O-])c1N. The van der Waals surface area contributed by atoms with Crippen LogP contribution in [0.5, 0.6) is 5.75 Å². The molecule has 0 fully saturated rings. The van der Waals surface area contributed by atoms with Gasteiger partial charge < -0.3 is 10.8 Å². The molecule has 0 aliphatic rings. The molecule has 2 aromatic rings. The first-order valence-electron chi connectivity index (χ1n) is 5.42. The maximum Gasteiger partial charge on any atom is 0.292 e. The van der Waals surface area contributed by atoms with Gasteiger partial charge in [-0.3, -0.25) is 15.5 Å². The topological polar surface area (TPSA) is 113 Å². The van der Waals surface area contributed by atoms with Crippen LogP contribution in [0.25, 0.3) is 0 Å². The molecule has 0 atom stereocenters. The molecule has 0 saturated heterocycles. The fourth-order valence-corrected chi connectivity index (χ4v) is 1.75. The monoisotopic (exact) mass is 257 g/mol. The van der Waals surface area contributed by atoms with Gasteiger partial charge in [0.25, 0.3) is 5.69 Å². The highest BCUT2D eigenvalue weighted by molar-refractivity contribution is 6.14. The standard InChI is InChI=1S/C13H11N3O3/c14-12(8-3-1-4-9(17)7-8)10-5-2-6-11(13(10)15)16(18)19/h1-7,14,17H,15H2. The largest absolute Gasteiger partial charge is 0.508 e. The molecule has 2 rings (SSSR count). The number of phenols is 1. The maximum absolute atomic E-state index is 10.8. The zero-order valence-electron chi connectivity index (χ0n) is 9.83. The quantitative estimate of drug-likeness (QED) is 0.339. The highest BCUT2D eigenvalue weighted by Gasteiger charge is 2.17. The summed E-state index contributed by atoms with van der Waals surface area (Å²) in [5.41, 5.74) is 6.15. The number of nitro groups is 1. The van der Waals surface area contributed by atoms with Gasteiger partial charge in [0.05, 0.1) is 10.6 Å². The molecule has 19 heavy (non-hydrogen) atoms. The first kappa shape index (κ1) is 12.6. The summed E-state index contributed by atoms with van der Waals surface area (Å²) in [4.78, 5) is 10.2. The molecule has 0 heterocycles. The molecule has 4 N–H and O–H groups in total. The Morgan fingerprint density at radius 1 is 1.26 bits per heavy atom. The third-order valence-corrected chi connectivity index (χ3v) is 2.68. The van der Waals surface area contributed by atoms with Crippen molar-refractivity contribution in [2.45, 2.75) is 0 Å². The zero-order valence-corrected chi connectivity index (χ0v) is 9.83. The van der Waals surface area contributed by atoms with Gasteiger partial charge in [0.1, 0.15) is 11.4 Å². The minimum atomic E-state index is -0.589. The van der Waals surface area contributed by atoms with Gasteiger partial charge in [-0.1, -0.05) is 24.3 Å². The van der Waals surface area contributed by atoms with E-state index in [0.717, 1.165) is 0 Å². The van der Waals surface area contributed by atoms with Gasteiger partial charge in [-0.05, 0) is 12.1 Å². The Labute approximate surface area is 108 Å². The highest BCUT2D eigenvalue weighted by Crippen LogP contribution is 2.27. The number of nitrogens with one attached hydrogen (secondary N) is 1. The van der Waals surface area contributed by atoms with Crippen LogP contribution in [0.1, 0.15) is 11.1 Å². The van der Waals surface area contributed by atoms with E-state index < -0.39 is 4.92 Å². The molecule has 0 aromatic heterocycles. The van der Waals surface area contributed by atoms with Crippen molar-refractivity contribution in [1.82, 2.24) is 0 Å². The van der Waals surface area contributed by atoms with Crippen molar-refractivity contribution >= 4 is 17.1 Å². The molecule has 0 unspecified atom stereocenters. The summed E-state index contributed by atoms with van der Waals surface area (Å²) >= 11 is 0. The lowest BCUT2D eigenvalue weighted by Crippen LogP contribution is -2.07. The van der Waals surface area contributed by atoms with Crippen LogP contribution in [0.3, 0.4) is 0 Å². The van der Waals surface area contributed by atoms with E-state index in [0.29, 0.717) is 5.56 Å². The second kappa shape index (κ2) is 4.77. The summed E-state index contributed by atoms with van der Waals surface area (Å²) in [5, 5.41) is 28.2. The van der Waals surface area contributed by atoms with E-state index in [1.807, 2.05) is 0 Å². The third kappa shape index (κ3) is 2.37. The number of hydrogen-bond donors (Lipinski definition) is 3. The van der Waals surface area contributed by atoms with Crippen molar-refractivity contribution in [2.24, 2.45) is 0 Å². The molecule has 96 valence electrons. The lowest BCUT2D eigenvalue weighted by molar-refractivity contribution is -0.383. The smallest absolute Gasteiger partial charge is 0.292 e. The molecular weight excluding hydrogens is 246 g/mol. The summed E-state index contributed by atoms with van der Waals surface area (Å²) < 4.78 is 0. The van der Waals surface area contributed by atoms with Crippen LogP contribution in [0.2, 0.25) is 0 Å². The van der Waals surface area contributed by atoms with Gasteiger partial charge in [0, 0.05) is 17.2 Å². The zero-order chi connectivity index (χ0) is 14.0. The molecule has 6 nitrogen and oxygen atoms in total. The first-order valence-corrected chi connectivity index (χ1v) is 5.42. The summed E-state index contributed by atoms with van der Waals surface area (Å²) in [6.07, 6.45) is 0. The number of benzene rings is 2. The van der Waals surface area contributed by atoms with E-state index in [9.17, 15) is 15.2 Å². The van der Waals surface area contributed by atoms with Gasteiger partial charge in [0.2, 0.25) is 0 Å². The number of phenolic OH excluding ortho intramolecular Hbond substituents is 1. The van der Waals surface area contributed by atoms with E-state index in [4.69, 9.17) is 11.1 Å². The summed E-state index contributed by atoms with van der Waals surface area (Å²) in [7, 11) is 0. The number of nitrogens with zero attached hydrogens (tertiary/aromatic N) is 1. The Bertz CT molecular complexity index is 668. The lowest BCUT2D eigenvalue weighted by atomic mass is 10.00. The highest BCUT2D eigenvalue weighted by atomic mass is 16.6. The maximum atomic E-state index is 10.8. The average Bonchev–Trinajstić information content (AvgIpc) is 2.38. The van der Waals surface area contributed by atoms with E-state index in [-0.39, 0.29) is 28.4 Å². The molecule has 0 saturated carbocycles. The summed E-state index contributed by atoms with van der Waals surface area (Å²) in [6, 6.07) is 10.4. The van der Waals surface area contributed by atoms with Crippen LogP contribution >= 0.6 is 0 Å². The fourth-order valence-electron chi connectivity index (χ4n) is 1.75. The second-order valence-electron chi connectivity index (χ2n) is 3.92. The molecule has 0 amide bonds. The third-order valence-electron chi connectivity index (χ3n) is 2.68. The molecule has 6 heteroatoms. The Morgan fingerprint density at radius 2 is 1.95 bits per heavy atom. The van der Waals surface area contributed by atoms with E-state index in [1.54, 1.807) is 12.1 Å². The number of hydrogen-bond acceptors (Lipinski definition) is 5. The van der Waals surface area contributed by atoms with Crippen LogP contribution in [0.4, 0.5) is 11.4 Å². The number of anilines is 1. The van der Waals surface area contributed by atoms with Crippen LogP contribution in [0, 0.1) is 15.5 Å². The minimum Gasteiger partial charge on any atom is -0.508 e. The average molecular weight is 257 g/mol. The molecule has 0 aliphatic heterocycles. The normalized spacial score (nSPS) is 10.1. The van der Waals surface area contributed by atoms with E-state index in [2.05, 4.69) is 0 Å².